The van der Waals surface area contributed by atoms with Crippen LogP contribution >= 0.6 is 58.1 Å². The number of aldehydes is 1. The Hall–Kier alpha value is -4.40. The lowest BCUT2D eigenvalue weighted by atomic mass is 10.1. The summed E-state index contributed by atoms with van der Waals surface area (Å²) in [4.78, 5) is 26.2. The summed E-state index contributed by atoms with van der Waals surface area (Å²) in [6.07, 6.45) is 63.9. The number of alkyl halides is 2. The summed E-state index contributed by atoms with van der Waals surface area (Å²) in [5, 5.41) is 15.7. The van der Waals surface area contributed by atoms with Crippen LogP contribution < -0.4 is 0 Å². The fourth-order valence-electron chi connectivity index (χ4n) is 8.68. The van der Waals surface area contributed by atoms with Crippen molar-refractivity contribution in [3.8, 4) is 24.7 Å². The van der Waals surface area contributed by atoms with Crippen molar-refractivity contribution in [3.63, 3.8) is 0 Å². The van der Waals surface area contributed by atoms with Crippen LogP contribution in [-0.4, -0.2) is 95.1 Å². The van der Waals surface area contributed by atoms with E-state index in [4.69, 9.17) is 75.5 Å². The monoisotopic (exact) mass is 1560 g/mol. The van der Waals surface area contributed by atoms with Gasteiger partial charge in [0.2, 0.25) is 0 Å². The van der Waals surface area contributed by atoms with E-state index in [1.807, 2.05) is 32.1 Å². The molecule has 0 aromatic heterocycles. The minimum Gasteiger partial charge on any atom is -0.462 e. The second-order valence-corrected chi connectivity index (χ2v) is 28.4. The Balaban J connectivity index is -0.000000179. The van der Waals surface area contributed by atoms with E-state index < -0.39 is 0 Å². The summed E-state index contributed by atoms with van der Waals surface area (Å²) in [5.41, 5.74) is 33.9. The molecule has 0 amide bonds. The number of hydrogen-bond acceptors (Lipinski definition) is 10. The number of nitrogens with zero attached hydrogens (tertiary/aromatic N) is 6. The smallest absolute Gasteiger partial charge is 0.302 e. The normalized spacial score (nSPS) is 12.6. The Labute approximate surface area is 656 Å². The molecule has 0 saturated carbocycles. The van der Waals surface area contributed by atoms with Gasteiger partial charge >= 0.3 is 5.97 Å². The number of hydrogen-bond donors (Lipinski definition) is 1. The van der Waals surface area contributed by atoms with Crippen molar-refractivity contribution in [3.05, 3.63) is 172 Å². The molecule has 1 N–H and O–H groups in total. The molecule has 594 valence electrons. The van der Waals surface area contributed by atoms with E-state index in [9.17, 15) is 9.59 Å². The maximum absolute atomic E-state index is 10.5. The number of aliphatic hydroxyl groups is 1. The fourth-order valence-corrected chi connectivity index (χ4v) is 10.1. The number of carbonyl (C=O) groups excluding carboxylic acids is 2. The van der Waals surface area contributed by atoms with E-state index >= 15 is 0 Å². The van der Waals surface area contributed by atoms with E-state index in [-0.39, 0.29) is 21.4 Å². The molecule has 0 fully saturated rings. The van der Waals surface area contributed by atoms with Crippen LogP contribution in [0.5, 0.6) is 0 Å². The maximum Gasteiger partial charge on any atom is 0.302 e. The van der Waals surface area contributed by atoms with E-state index in [2.05, 4.69) is 194 Å². The zero-order chi connectivity index (χ0) is 78.6. The molecule has 0 aliphatic rings. The first-order chi connectivity index (χ1) is 49.4. The molecule has 4 unspecified atom stereocenters. The van der Waals surface area contributed by atoms with Gasteiger partial charge in [0.15, 0.2) is 0 Å². The van der Waals surface area contributed by atoms with Crippen molar-refractivity contribution >= 4 is 70.3 Å². The number of esters is 1. The van der Waals surface area contributed by atoms with Gasteiger partial charge in [-0.2, -0.15) is 0 Å². The maximum atomic E-state index is 10.5. The first-order valence-electron chi connectivity index (χ1n) is 36.4. The minimum atomic E-state index is -0.251. The van der Waals surface area contributed by atoms with Gasteiger partial charge < -0.3 is 33.2 Å². The van der Waals surface area contributed by atoms with E-state index in [1.54, 1.807) is 0 Å². The standard InChI is InChI=1S/C15H23ClO.C15H26O2P2.C15H26O.C14H22O3.C12H20ClN3.C12H23N3OP2.CH4.H2/c1-4-12-17-13-6-9-14(2)7-5-8-15(3)10-11-16;1-4-11-16-12-6-9-14(2)7-5-8-15(3)10-13-17-19-18;1-13(2)7-5-8-14(3)9-6-10-15(4)11-12-16;1-12(8-5-10-15)6-4-7-13(2)9-11-17-14(3)16;1-11(7-4-10-15-16-14)5-3-6-12(2)8-9-13;1-11(7-4-9-14-15-13)5-3-6-12(2)8-10-16-18-17;;/h1,7,10H,5-6,8-9,11-13H2,2-3H3;1,7,10,19H,5-6,8-9,11-13,18H2,2-3H3;7,9,11,16H,5-6,8,10,12H2,1-4H3;6,9-10H,4-5,7-8,11H2,1-3H3;5,8H,3-4,6-7,9-10H2,1-2H3;5,8,18H,3-4,6-7,9-10,17H2,1-2H3;1H4;1H/b2*14-7+,15-10+;14-9+,15-11+;12-6+,13-9+;2*11-5+,12-8+;;/i;;;;;;;1+1. The number of terminal acetylenes is 2. The van der Waals surface area contributed by atoms with Crippen LogP contribution in [0.25, 0.3) is 20.9 Å². The quantitative estimate of drug-likeness (QED) is 0.00593. The van der Waals surface area contributed by atoms with Gasteiger partial charge in [0, 0.05) is 79.7 Å². The van der Waals surface area contributed by atoms with Crippen LogP contribution in [0.15, 0.2) is 162 Å². The van der Waals surface area contributed by atoms with E-state index in [0.717, 1.165) is 174 Å². The van der Waals surface area contributed by atoms with Crippen LogP contribution in [0.1, 0.15) is 267 Å². The van der Waals surface area contributed by atoms with Crippen molar-refractivity contribution in [1.82, 2.24) is 0 Å². The largest absolute Gasteiger partial charge is 0.462 e. The SMILES string of the molecule is C.C#CCOCCC/C(C)=C/CC/C(C)=C/CCl.C#CCOCCC/C(C)=C/CC/C(C)=C/COPP.C/C(=C\CCl)CC/C=C(\C)CCCN=[N+]=[N-].C/C(=C\COPP)CC/C=C(\C)CCCN=[N+]=[N-].CC(=O)OC/C=C(\C)CC/C=C(\C)CCC=O.CC(C)=CCC/C(C)=C/CC/C(C)=C/CO.[2HH]. The van der Waals surface area contributed by atoms with Crippen molar-refractivity contribution in [2.45, 2.75) is 265 Å². The molecule has 0 rings (SSSR count). The van der Waals surface area contributed by atoms with Crippen LogP contribution in [0.4, 0.5) is 0 Å². The summed E-state index contributed by atoms with van der Waals surface area (Å²) in [6.45, 7) is 36.6. The van der Waals surface area contributed by atoms with Crippen molar-refractivity contribution < 1.29 is 39.4 Å². The van der Waals surface area contributed by atoms with Crippen LogP contribution in [0, 0.1) is 24.7 Å². The van der Waals surface area contributed by atoms with Gasteiger partial charge in [-0.3, -0.25) is 4.79 Å². The molecular weight excluding hydrogens is 1420 g/mol. The Kier molecular flexibility index (Phi) is 101. The number of allylic oxidation sites excluding steroid dienone is 22. The molecule has 14 nitrogen and oxygen atoms in total. The molecule has 0 saturated heterocycles. The zero-order valence-electron chi connectivity index (χ0n) is 66.6. The van der Waals surface area contributed by atoms with Crippen molar-refractivity contribution in [1.29, 1.82) is 0 Å². The number of rotatable bonds is 53. The molecule has 0 radical (unpaired) electrons. The van der Waals surface area contributed by atoms with Crippen LogP contribution in [-0.2, 0) is 32.8 Å². The molecule has 0 aromatic carbocycles. The highest BCUT2D eigenvalue weighted by atomic mass is 35.5. The second-order valence-electron chi connectivity index (χ2n) is 25.4. The molecule has 4 atom stereocenters. The highest BCUT2D eigenvalue weighted by Crippen LogP contribution is 2.23. The summed E-state index contributed by atoms with van der Waals surface area (Å²) < 4.78 is 25.8. The first-order valence-corrected chi connectivity index (χ1v) is 42.9. The fraction of sp³-hybridized carbons (Fsp3) is 0.619. The molecule has 0 aliphatic carbocycles. The Morgan fingerprint density at radius 2 is 0.721 bits per heavy atom. The van der Waals surface area contributed by atoms with Gasteiger partial charge in [0.1, 0.15) is 26.1 Å². The molecule has 0 bridgehead atoms. The van der Waals surface area contributed by atoms with Gasteiger partial charge in [-0.05, 0) is 262 Å². The number of aliphatic hydroxyl groups excluding tert-OH is 1. The Morgan fingerprint density at radius 3 is 1.00 bits per heavy atom. The minimum absolute atomic E-state index is 0. The third kappa shape index (κ3) is 106. The summed E-state index contributed by atoms with van der Waals surface area (Å²) >= 11 is 11.2. The zero-order valence-corrected chi connectivity index (χ0v) is 72.4. The number of carbonyl (C=O) groups is 2. The number of ether oxygens (including phenoxy) is 3. The highest BCUT2D eigenvalue weighted by molar-refractivity contribution is 8.00. The van der Waals surface area contributed by atoms with Crippen LogP contribution in [0.2, 0.25) is 0 Å². The molecule has 104 heavy (non-hydrogen) atoms. The number of azide groups is 2. The average Bonchev–Trinajstić information content (AvgIpc) is 1.47. The van der Waals surface area contributed by atoms with E-state index in [0.29, 0.717) is 74.7 Å². The number of halogens is 2. The summed E-state index contributed by atoms with van der Waals surface area (Å²) in [5.74, 6) is 5.89. The molecule has 0 spiro atoms. The lowest BCUT2D eigenvalue weighted by Gasteiger charge is -2.03. The second kappa shape index (κ2) is 92.8. The Bertz CT molecular complexity index is 2760. The van der Waals surface area contributed by atoms with Crippen molar-refractivity contribution in [2.24, 2.45) is 10.2 Å². The predicted molar refractivity (Wildman–Crippen MR) is 471 cm³/mol. The van der Waals surface area contributed by atoms with Gasteiger partial charge in [-0.25, -0.2) is 0 Å². The lowest BCUT2D eigenvalue weighted by Crippen LogP contribution is -1.98. The highest BCUT2D eigenvalue weighted by Gasteiger charge is 1.99. The van der Waals surface area contributed by atoms with Crippen LogP contribution in [0.3, 0.4) is 0 Å². The molecule has 20 heteroatoms. The van der Waals surface area contributed by atoms with Gasteiger partial charge in [0.25, 0.3) is 0 Å². The van der Waals surface area contributed by atoms with Gasteiger partial charge in [0.05, 0.1) is 19.8 Å². The summed E-state index contributed by atoms with van der Waals surface area (Å²) in [7, 11) is 6.13. The topological polar surface area (TPSA) is 198 Å². The van der Waals surface area contributed by atoms with Gasteiger partial charge in [-0.1, -0.05) is 193 Å². The molecule has 0 aromatic rings. The predicted octanol–water partition coefficient (Wildman–Crippen LogP) is 27.4. The van der Waals surface area contributed by atoms with Crippen molar-refractivity contribution in [2.75, 3.05) is 77.7 Å². The third-order valence-corrected chi connectivity index (χ3v) is 17.0. The summed E-state index contributed by atoms with van der Waals surface area (Å²) in [6, 6.07) is 0. The molecule has 0 aliphatic heterocycles. The first kappa shape index (κ1) is 113. The van der Waals surface area contributed by atoms with Gasteiger partial charge in [-0.15, -0.1) is 36.0 Å². The molecule has 0 heterocycles. The lowest BCUT2D eigenvalue weighted by molar-refractivity contribution is -0.139. The Morgan fingerprint density at radius 1 is 0.442 bits per heavy atom. The molecular formula is C84H146Cl2N6O8P4. The average molecular weight is 1560 g/mol. The van der Waals surface area contributed by atoms with E-state index in [1.165, 1.54) is 79.4 Å². The third-order valence-electron chi connectivity index (χ3n) is 15.0.